The van der Waals surface area contributed by atoms with Gasteiger partial charge in [0.1, 0.15) is 36.6 Å². The van der Waals surface area contributed by atoms with E-state index in [0.717, 1.165) is 12.8 Å². The predicted molar refractivity (Wildman–Crippen MR) is 189 cm³/mol. The molecule has 0 aromatic carbocycles. The van der Waals surface area contributed by atoms with E-state index in [1.807, 2.05) is 20.8 Å². The molecule has 14 heteroatoms. The fraction of sp³-hybridized carbons (Fsp3) is 1.00. The summed E-state index contributed by atoms with van der Waals surface area (Å²) in [5.41, 5.74) is -2.26. The van der Waals surface area contributed by atoms with Crippen LogP contribution in [-0.2, 0) is 28.4 Å². The van der Waals surface area contributed by atoms with Gasteiger partial charge in [-0.1, -0.05) is 34.6 Å². The fourth-order valence-electron chi connectivity index (χ4n) is 12.5. The van der Waals surface area contributed by atoms with E-state index in [4.69, 9.17) is 28.4 Å². The van der Waals surface area contributed by atoms with Crippen molar-refractivity contribution in [3.05, 3.63) is 0 Å². The van der Waals surface area contributed by atoms with E-state index < -0.39 is 103 Å². The van der Waals surface area contributed by atoms with Gasteiger partial charge in [-0.05, 0) is 79.4 Å². The molecule has 0 bridgehead atoms. The summed E-state index contributed by atoms with van der Waals surface area (Å²) in [5.74, 6) is -0.891. The lowest BCUT2D eigenvalue weighted by molar-refractivity contribution is -0.313. The highest BCUT2D eigenvalue weighted by atomic mass is 16.8. The van der Waals surface area contributed by atoms with E-state index in [2.05, 4.69) is 13.8 Å². The van der Waals surface area contributed by atoms with Crippen molar-refractivity contribution in [2.24, 2.45) is 46.3 Å². The molecule has 6 fully saturated rings. The fourth-order valence-corrected chi connectivity index (χ4v) is 12.5. The zero-order chi connectivity index (χ0) is 38.8. The summed E-state index contributed by atoms with van der Waals surface area (Å²) in [6.07, 6.45) is -7.34. The molecule has 2 heterocycles. The van der Waals surface area contributed by atoms with Gasteiger partial charge in [-0.2, -0.15) is 0 Å². The maximum absolute atomic E-state index is 12.7. The molecule has 0 aromatic rings. The Hall–Kier alpha value is -0.560. The van der Waals surface area contributed by atoms with Gasteiger partial charge >= 0.3 is 0 Å². The Morgan fingerprint density at radius 2 is 1.49 bits per heavy atom. The molecular weight excluding hydrogens is 692 g/mol. The second kappa shape index (κ2) is 16.0. The number of fused-ring (bicyclic) bond motifs is 5. The minimum absolute atomic E-state index is 0.0501. The minimum Gasteiger partial charge on any atom is -0.394 e. The average molecular weight is 761 g/mol. The van der Waals surface area contributed by atoms with Crippen LogP contribution in [0.15, 0.2) is 0 Å². The van der Waals surface area contributed by atoms with Gasteiger partial charge in [-0.15, -0.1) is 0 Å². The van der Waals surface area contributed by atoms with Crippen LogP contribution in [-0.4, -0.2) is 154 Å². The highest BCUT2D eigenvalue weighted by Crippen LogP contribution is 2.70. The van der Waals surface area contributed by atoms with Crippen molar-refractivity contribution in [1.82, 2.24) is 0 Å². The Kier molecular flexibility index (Phi) is 12.7. The lowest BCUT2D eigenvalue weighted by atomic mass is 9.41. The zero-order valence-corrected chi connectivity index (χ0v) is 32.6. The first-order chi connectivity index (χ1) is 25.0. The van der Waals surface area contributed by atoms with E-state index in [1.54, 1.807) is 0 Å². The van der Waals surface area contributed by atoms with Gasteiger partial charge in [-0.3, -0.25) is 0 Å². The summed E-state index contributed by atoms with van der Waals surface area (Å²) >= 11 is 0. The van der Waals surface area contributed by atoms with Crippen molar-refractivity contribution in [3.8, 4) is 0 Å². The second-order valence-corrected chi connectivity index (χ2v) is 18.3. The van der Waals surface area contributed by atoms with Crippen LogP contribution in [0, 0.1) is 46.3 Å². The third-order valence-corrected chi connectivity index (χ3v) is 15.2. The van der Waals surface area contributed by atoms with Crippen LogP contribution in [0.1, 0.15) is 86.0 Å². The molecule has 53 heavy (non-hydrogen) atoms. The second-order valence-electron chi connectivity index (χ2n) is 18.3. The molecule has 21 atom stereocenters. The lowest BCUT2D eigenvalue weighted by Gasteiger charge is -2.66. The minimum atomic E-state index is -1.31. The zero-order valence-electron chi connectivity index (χ0n) is 32.6. The number of aliphatic hydroxyl groups is 8. The lowest BCUT2D eigenvalue weighted by Crippen LogP contribution is -2.70. The van der Waals surface area contributed by atoms with Gasteiger partial charge in [0, 0.05) is 32.5 Å². The molecule has 0 aromatic heterocycles. The molecule has 2 saturated heterocycles. The van der Waals surface area contributed by atoms with Crippen molar-refractivity contribution in [2.45, 2.75) is 171 Å². The molecule has 0 amide bonds. The number of aliphatic hydroxyl groups excluding tert-OH is 7. The van der Waals surface area contributed by atoms with Crippen LogP contribution in [0.25, 0.3) is 0 Å². The van der Waals surface area contributed by atoms with Gasteiger partial charge in [0.2, 0.25) is 0 Å². The van der Waals surface area contributed by atoms with Crippen molar-refractivity contribution >= 4 is 0 Å². The maximum atomic E-state index is 12.7. The van der Waals surface area contributed by atoms with E-state index in [9.17, 15) is 40.9 Å². The molecule has 0 radical (unpaired) electrons. The van der Waals surface area contributed by atoms with Crippen molar-refractivity contribution in [3.63, 3.8) is 0 Å². The van der Waals surface area contributed by atoms with Crippen LogP contribution in [0.2, 0.25) is 0 Å². The molecule has 0 spiro atoms. The van der Waals surface area contributed by atoms with E-state index in [1.165, 1.54) is 14.2 Å². The molecule has 308 valence electrons. The molecule has 14 nitrogen and oxygen atoms in total. The quantitative estimate of drug-likeness (QED) is 0.138. The maximum Gasteiger partial charge on any atom is 0.187 e. The molecule has 4 aliphatic carbocycles. The number of rotatable bonds is 12. The largest absolute Gasteiger partial charge is 0.394 e. The summed E-state index contributed by atoms with van der Waals surface area (Å²) in [7, 11) is 2.89. The van der Waals surface area contributed by atoms with Crippen LogP contribution in [0.4, 0.5) is 0 Å². The molecule has 4 saturated carbocycles. The van der Waals surface area contributed by atoms with Gasteiger partial charge in [0.05, 0.1) is 49.3 Å². The van der Waals surface area contributed by atoms with Gasteiger partial charge in [0.15, 0.2) is 12.6 Å². The third kappa shape index (κ3) is 7.17. The first-order valence-corrected chi connectivity index (χ1v) is 20.0. The Balaban J connectivity index is 1.14. The number of hydrogen-bond donors (Lipinski definition) is 8. The smallest absolute Gasteiger partial charge is 0.187 e. The molecule has 6 aliphatic rings. The molecule has 2 aliphatic heterocycles. The average Bonchev–Trinajstić information content (AvgIpc) is 3.55. The summed E-state index contributed by atoms with van der Waals surface area (Å²) in [6.45, 7) is 10.1. The van der Waals surface area contributed by atoms with Crippen molar-refractivity contribution < 1.29 is 69.3 Å². The highest BCUT2D eigenvalue weighted by Gasteiger charge is 2.71. The van der Waals surface area contributed by atoms with E-state index in [0.29, 0.717) is 32.1 Å². The van der Waals surface area contributed by atoms with Gasteiger partial charge < -0.3 is 69.3 Å². The van der Waals surface area contributed by atoms with Crippen LogP contribution < -0.4 is 0 Å². The van der Waals surface area contributed by atoms with E-state index in [-0.39, 0.29) is 48.2 Å². The van der Waals surface area contributed by atoms with Crippen LogP contribution >= 0.6 is 0 Å². The van der Waals surface area contributed by atoms with Crippen molar-refractivity contribution in [1.29, 1.82) is 0 Å². The Morgan fingerprint density at radius 3 is 2.13 bits per heavy atom. The SMILES string of the molecule is COC1COC(OC2C(O[C@@H](CC[C@@H](C)[C@H]3C[C@@H](O)C4[C@]5(O)C[C@@H](O)C6[C@@H](O)[C@@H](O)CC[C@]6(C)C5CC[C@@]43C)C(C)C)OC(CO)C2O)C(OC)C1O. The highest BCUT2D eigenvalue weighted by molar-refractivity contribution is 5.21. The van der Waals surface area contributed by atoms with Gasteiger partial charge in [0.25, 0.3) is 0 Å². The molecule has 8 N–H and O–H groups in total. The first kappa shape index (κ1) is 42.1. The van der Waals surface area contributed by atoms with E-state index >= 15 is 0 Å². The molecular formula is C39H68O14. The summed E-state index contributed by atoms with van der Waals surface area (Å²) in [6, 6.07) is 0. The Morgan fingerprint density at radius 1 is 0.792 bits per heavy atom. The normalized spacial score (nSPS) is 52.5. The topological polar surface area (TPSA) is 217 Å². The van der Waals surface area contributed by atoms with Crippen LogP contribution in [0.5, 0.6) is 0 Å². The standard InChI is InChI=1S/C39H68O14/c1-18(2)24(51-36-33(30(45)25(16-40)52-36)53-35-32(49-7)31(46)26(48-6)17-50-35)9-8-19(3)20-14-22(42)34-37(20,4)13-11-27-38(5)12-10-21(41)29(44)28(38)23(43)15-39(27,34)47/h18-36,40-47H,8-17H2,1-7H3/t19-,20-,21+,22-,23-,24+,25?,26?,27?,28?,29+,30?,31?,32?,33?,34?,35?,36?,37-,38-,39+/m1/s1. The van der Waals surface area contributed by atoms with Crippen molar-refractivity contribution in [2.75, 3.05) is 27.4 Å². The summed E-state index contributed by atoms with van der Waals surface area (Å²) in [5, 5.41) is 89.2. The number of hydrogen-bond acceptors (Lipinski definition) is 14. The number of ether oxygens (including phenoxy) is 6. The van der Waals surface area contributed by atoms with Gasteiger partial charge in [-0.25, -0.2) is 0 Å². The Labute approximate surface area is 314 Å². The first-order valence-electron chi connectivity index (χ1n) is 20.0. The third-order valence-electron chi connectivity index (χ3n) is 15.2. The molecule has 6 rings (SSSR count). The molecule has 11 unspecified atom stereocenters. The monoisotopic (exact) mass is 760 g/mol. The summed E-state index contributed by atoms with van der Waals surface area (Å²) < 4.78 is 35.4. The predicted octanol–water partition coefficient (Wildman–Crippen LogP) is 0.702. The van der Waals surface area contributed by atoms with Crippen LogP contribution in [0.3, 0.4) is 0 Å². The summed E-state index contributed by atoms with van der Waals surface area (Å²) in [4.78, 5) is 0. The number of methoxy groups -OCH3 is 2. The Bertz CT molecular complexity index is 1230.